The Morgan fingerprint density at radius 3 is 2.82 bits per heavy atom. The molecule has 2 rings (SSSR count). The van der Waals surface area contributed by atoms with E-state index < -0.39 is 0 Å². The molecule has 90 valence electrons. The smallest absolute Gasteiger partial charge is 0.0897 e. The first-order chi connectivity index (χ1) is 8.16. The van der Waals surface area contributed by atoms with E-state index in [1.165, 1.54) is 4.88 Å². The number of anilines is 2. The van der Waals surface area contributed by atoms with Crippen molar-refractivity contribution in [1.29, 1.82) is 0 Å². The molecule has 0 aliphatic heterocycles. The van der Waals surface area contributed by atoms with Crippen LogP contribution in [0.1, 0.15) is 9.88 Å². The molecule has 2 heterocycles. The van der Waals surface area contributed by atoms with Gasteiger partial charge in [0, 0.05) is 31.4 Å². The second kappa shape index (κ2) is 5.14. The molecule has 4 nitrogen and oxygen atoms in total. The van der Waals surface area contributed by atoms with Crippen LogP contribution in [0.15, 0.2) is 24.7 Å². The van der Waals surface area contributed by atoms with E-state index >= 15 is 0 Å². The SMILES string of the molecule is Cc1ncc(CNc2cnccc2N(C)C)s1. The summed E-state index contributed by atoms with van der Waals surface area (Å²) in [4.78, 5) is 11.7. The summed E-state index contributed by atoms with van der Waals surface area (Å²) in [6, 6.07) is 2.00. The van der Waals surface area contributed by atoms with E-state index in [9.17, 15) is 0 Å². The standard InChI is InChI=1S/C12H16N4S/c1-9-14-6-10(17-9)7-15-11-8-13-5-4-12(11)16(2)3/h4-6,8,15H,7H2,1-3H3. The van der Waals surface area contributed by atoms with Crippen LogP contribution in [-0.2, 0) is 6.54 Å². The fourth-order valence-electron chi connectivity index (χ4n) is 1.58. The Kier molecular flexibility index (Phi) is 3.58. The van der Waals surface area contributed by atoms with Crippen molar-refractivity contribution in [3.63, 3.8) is 0 Å². The average Bonchev–Trinajstić information content (AvgIpc) is 2.73. The molecule has 17 heavy (non-hydrogen) atoms. The number of nitrogens with one attached hydrogen (secondary N) is 1. The Bertz CT molecular complexity index is 493. The molecule has 0 aliphatic carbocycles. The molecule has 0 saturated heterocycles. The third-order valence-electron chi connectivity index (χ3n) is 2.40. The Morgan fingerprint density at radius 1 is 1.35 bits per heavy atom. The van der Waals surface area contributed by atoms with Gasteiger partial charge in [-0.3, -0.25) is 4.98 Å². The molecule has 2 aromatic heterocycles. The van der Waals surface area contributed by atoms with Crippen LogP contribution in [0.4, 0.5) is 11.4 Å². The number of hydrogen-bond acceptors (Lipinski definition) is 5. The molecule has 0 spiro atoms. The first-order valence-corrected chi connectivity index (χ1v) is 6.25. The third-order valence-corrected chi connectivity index (χ3v) is 3.31. The summed E-state index contributed by atoms with van der Waals surface area (Å²) in [5.41, 5.74) is 2.18. The zero-order valence-electron chi connectivity index (χ0n) is 10.3. The van der Waals surface area contributed by atoms with Crippen LogP contribution in [0, 0.1) is 6.92 Å². The first-order valence-electron chi connectivity index (χ1n) is 5.43. The van der Waals surface area contributed by atoms with Gasteiger partial charge in [-0.1, -0.05) is 0 Å². The van der Waals surface area contributed by atoms with Gasteiger partial charge in [-0.2, -0.15) is 0 Å². The zero-order chi connectivity index (χ0) is 12.3. The summed E-state index contributed by atoms with van der Waals surface area (Å²) < 4.78 is 0. The van der Waals surface area contributed by atoms with Gasteiger partial charge >= 0.3 is 0 Å². The quantitative estimate of drug-likeness (QED) is 0.902. The predicted octanol–water partition coefficient (Wildman–Crippen LogP) is 2.52. The van der Waals surface area contributed by atoms with Crippen LogP contribution in [0.5, 0.6) is 0 Å². The molecule has 0 atom stereocenters. The number of nitrogens with zero attached hydrogens (tertiary/aromatic N) is 3. The molecule has 0 aromatic carbocycles. The second-order valence-corrected chi connectivity index (χ2v) is 5.31. The van der Waals surface area contributed by atoms with Crippen LogP contribution >= 0.6 is 11.3 Å². The summed E-state index contributed by atoms with van der Waals surface area (Å²) >= 11 is 1.71. The summed E-state index contributed by atoms with van der Waals surface area (Å²) in [6.07, 6.45) is 5.57. The summed E-state index contributed by atoms with van der Waals surface area (Å²) in [7, 11) is 4.05. The first kappa shape index (κ1) is 11.9. The van der Waals surface area contributed by atoms with Crippen LogP contribution in [0.2, 0.25) is 0 Å². The van der Waals surface area contributed by atoms with E-state index in [0.29, 0.717) is 0 Å². The van der Waals surface area contributed by atoms with E-state index in [-0.39, 0.29) is 0 Å². The highest BCUT2D eigenvalue weighted by Crippen LogP contribution is 2.23. The van der Waals surface area contributed by atoms with Crippen molar-refractivity contribution < 1.29 is 0 Å². The van der Waals surface area contributed by atoms with Crippen molar-refractivity contribution in [1.82, 2.24) is 9.97 Å². The lowest BCUT2D eigenvalue weighted by molar-refractivity contribution is 1.09. The Labute approximate surface area is 105 Å². The fourth-order valence-corrected chi connectivity index (χ4v) is 2.32. The maximum Gasteiger partial charge on any atom is 0.0897 e. The van der Waals surface area contributed by atoms with Gasteiger partial charge in [0.2, 0.25) is 0 Å². The molecule has 1 N–H and O–H groups in total. The van der Waals surface area contributed by atoms with Crippen LogP contribution in [-0.4, -0.2) is 24.1 Å². The van der Waals surface area contributed by atoms with Gasteiger partial charge in [-0.05, 0) is 13.0 Å². The number of pyridine rings is 1. The molecule has 0 fully saturated rings. The summed E-state index contributed by atoms with van der Waals surface area (Å²) in [6.45, 7) is 2.81. The van der Waals surface area contributed by atoms with Crippen molar-refractivity contribution in [2.24, 2.45) is 0 Å². The lowest BCUT2D eigenvalue weighted by atomic mass is 10.3. The van der Waals surface area contributed by atoms with Gasteiger partial charge in [0.1, 0.15) is 0 Å². The molecular weight excluding hydrogens is 232 g/mol. The Hall–Kier alpha value is -1.62. The van der Waals surface area contributed by atoms with Crippen molar-refractivity contribution in [3.05, 3.63) is 34.5 Å². The molecule has 2 aromatic rings. The number of rotatable bonds is 4. The molecule has 0 radical (unpaired) electrons. The van der Waals surface area contributed by atoms with E-state index in [2.05, 4.69) is 20.2 Å². The van der Waals surface area contributed by atoms with E-state index in [4.69, 9.17) is 0 Å². The number of thiazole rings is 1. The second-order valence-electron chi connectivity index (χ2n) is 3.99. The maximum atomic E-state index is 4.24. The zero-order valence-corrected chi connectivity index (χ0v) is 11.1. The summed E-state index contributed by atoms with van der Waals surface area (Å²) in [5.74, 6) is 0. The van der Waals surface area contributed by atoms with Crippen LogP contribution < -0.4 is 10.2 Å². The highest BCUT2D eigenvalue weighted by Gasteiger charge is 2.04. The van der Waals surface area contributed by atoms with Crippen molar-refractivity contribution >= 4 is 22.7 Å². The number of hydrogen-bond donors (Lipinski definition) is 1. The van der Waals surface area contributed by atoms with Crippen LogP contribution in [0.3, 0.4) is 0 Å². The highest BCUT2D eigenvalue weighted by molar-refractivity contribution is 7.11. The lowest BCUT2D eigenvalue weighted by Gasteiger charge is -2.17. The normalized spacial score (nSPS) is 10.3. The topological polar surface area (TPSA) is 41.1 Å². The van der Waals surface area contributed by atoms with Gasteiger partial charge in [-0.25, -0.2) is 4.98 Å². The Balaban J connectivity index is 2.08. The number of aryl methyl sites for hydroxylation is 1. The summed E-state index contributed by atoms with van der Waals surface area (Å²) in [5, 5.41) is 4.49. The molecule has 0 saturated carbocycles. The third kappa shape index (κ3) is 2.94. The molecule has 5 heteroatoms. The minimum absolute atomic E-state index is 0.790. The van der Waals surface area contributed by atoms with Gasteiger partial charge in [0.15, 0.2) is 0 Å². The Morgan fingerprint density at radius 2 is 2.18 bits per heavy atom. The van der Waals surface area contributed by atoms with Gasteiger partial charge in [-0.15, -0.1) is 11.3 Å². The van der Waals surface area contributed by atoms with Crippen molar-refractivity contribution in [3.8, 4) is 0 Å². The largest absolute Gasteiger partial charge is 0.377 e. The molecule has 0 bridgehead atoms. The van der Waals surface area contributed by atoms with Crippen molar-refractivity contribution in [2.45, 2.75) is 13.5 Å². The van der Waals surface area contributed by atoms with Crippen LogP contribution in [0.25, 0.3) is 0 Å². The fraction of sp³-hybridized carbons (Fsp3) is 0.333. The minimum Gasteiger partial charge on any atom is -0.377 e. The van der Waals surface area contributed by atoms with E-state index in [0.717, 1.165) is 22.9 Å². The molecular formula is C12H16N4S. The lowest BCUT2D eigenvalue weighted by Crippen LogP contribution is -2.12. The van der Waals surface area contributed by atoms with E-state index in [1.54, 1.807) is 17.5 Å². The minimum atomic E-state index is 0.790. The van der Waals surface area contributed by atoms with Gasteiger partial charge in [0.05, 0.1) is 29.1 Å². The van der Waals surface area contributed by atoms with Gasteiger partial charge in [0.25, 0.3) is 0 Å². The van der Waals surface area contributed by atoms with Gasteiger partial charge < -0.3 is 10.2 Å². The molecule has 0 aliphatic rings. The predicted molar refractivity (Wildman–Crippen MR) is 72.7 cm³/mol. The molecule has 0 amide bonds. The monoisotopic (exact) mass is 248 g/mol. The maximum absolute atomic E-state index is 4.24. The van der Waals surface area contributed by atoms with E-state index in [1.807, 2.05) is 39.5 Å². The molecule has 0 unspecified atom stereocenters. The van der Waals surface area contributed by atoms with Crippen molar-refractivity contribution in [2.75, 3.05) is 24.3 Å². The number of aromatic nitrogens is 2. The average molecular weight is 248 g/mol. The highest BCUT2D eigenvalue weighted by atomic mass is 32.1.